The molecule has 206 valence electrons. The molecule has 1 aliphatic carbocycles. The van der Waals surface area contributed by atoms with Crippen LogP contribution < -0.4 is 9.62 Å². The van der Waals surface area contributed by atoms with Gasteiger partial charge in [0.2, 0.25) is 11.8 Å². The quantitative estimate of drug-likeness (QED) is 0.331. The van der Waals surface area contributed by atoms with Gasteiger partial charge in [0.05, 0.1) is 10.6 Å². The van der Waals surface area contributed by atoms with Crippen LogP contribution in [0, 0.1) is 6.92 Å². The second-order valence-corrected chi connectivity index (χ2v) is 12.7. The second-order valence-electron chi connectivity index (χ2n) is 9.93. The van der Waals surface area contributed by atoms with E-state index in [-0.39, 0.29) is 23.4 Å². The number of carbonyl (C=O) groups is 2. The van der Waals surface area contributed by atoms with E-state index in [1.807, 2.05) is 43.3 Å². The van der Waals surface area contributed by atoms with E-state index in [1.54, 1.807) is 37.3 Å². The predicted octanol–water partition coefficient (Wildman–Crippen LogP) is 5.43. The monoisotopic (exact) mass is 611 g/mol. The molecule has 1 unspecified atom stereocenters. The Hall–Kier alpha value is -3.17. The van der Waals surface area contributed by atoms with Crippen LogP contribution in [-0.2, 0) is 26.2 Å². The number of benzene rings is 3. The Balaban J connectivity index is 1.69. The number of nitrogens with zero attached hydrogens (tertiary/aromatic N) is 2. The second kappa shape index (κ2) is 12.8. The average Bonchev–Trinajstić information content (AvgIpc) is 3.44. The number of nitrogens with one attached hydrogen (secondary N) is 1. The number of rotatable bonds is 10. The van der Waals surface area contributed by atoms with Crippen molar-refractivity contribution in [2.45, 2.75) is 63.1 Å². The first-order valence-electron chi connectivity index (χ1n) is 13.1. The number of amides is 2. The van der Waals surface area contributed by atoms with Crippen LogP contribution in [0.2, 0.25) is 0 Å². The molecule has 4 rings (SSSR count). The Labute approximate surface area is 239 Å². The molecule has 1 fully saturated rings. The van der Waals surface area contributed by atoms with Gasteiger partial charge in [-0.05, 0) is 68.1 Å². The predicted molar refractivity (Wildman–Crippen MR) is 157 cm³/mol. The van der Waals surface area contributed by atoms with Gasteiger partial charge in [-0.1, -0.05) is 77.3 Å². The highest BCUT2D eigenvalue weighted by atomic mass is 79.9. The van der Waals surface area contributed by atoms with Crippen LogP contribution in [0.3, 0.4) is 0 Å². The molecule has 0 radical (unpaired) electrons. The molecule has 1 aliphatic rings. The number of carbonyl (C=O) groups excluding carboxylic acids is 2. The van der Waals surface area contributed by atoms with Gasteiger partial charge >= 0.3 is 0 Å². The van der Waals surface area contributed by atoms with Gasteiger partial charge < -0.3 is 10.2 Å². The molecule has 0 bridgehead atoms. The summed E-state index contributed by atoms with van der Waals surface area (Å²) >= 11 is 3.47. The molecule has 9 heteroatoms. The van der Waals surface area contributed by atoms with Gasteiger partial charge in [-0.25, -0.2) is 8.42 Å². The number of hydrogen-bond donors (Lipinski definition) is 1. The highest BCUT2D eigenvalue weighted by Gasteiger charge is 2.33. The summed E-state index contributed by atoms with van der Waals surface area (Å²) in [7, 11) is -4.07. The molecular weight excluding hydrogens is 578 g/mol. The lowest BCUT2D eigenvalue weighted by Gasteiger charge is -2.33. The molecular formula is C30H34BrN3O4S. The van der Waals surface area contributed by atoms with Crippen LogP contribution in [0.5, 0.6) is 0 Å². The highest BCUT2D eigenvalue weighted by Crippen LogP contribution is 2.27. The van der Waals surface area contributed by atoms with E-state index in [0.29, 0.717) is 5.69 Å². The van der Waals surface area contributed by atoms with Crippen molar-refractivity contribution in [3.63, 3.8) is 0 Å². The molecule has 0 aliphatic heterocycles. The fourth-order valence-electron chi connectivity index (χ4n) is 4.88. The van der Waals surface area contributed by atoms with Crippen molar-refractivity contribution in [1.29, 1.82) is 0 Å². The Morgan fingerprint density at radius 3 is 2.31 bits per heavy atom. The molecule has 0 aromatic heterocycles. The third-order valence-corrected chi connectivity index (χ3v) is 9.37. The van der Waals surface area contributed by atoms with Crippen LogP contribution >= 0.6 is 15.9 Å². The van der Waals surface area contributed by atoms with Crippen molar-refractivity contribution in [3.8, 4) is 0 Å². The van der Waals surface area contributed by atoms with Gasteiger partial charge in [-0.15, -0.1) is 0 Å². The number of hydrogen-bond acceptors (Lipinski definition) is 4. The van der Waals surface area contributed by atoms with Crippen molar-refractivity contribution in [1.82, 2.24) is 10.2 Å². The Morgan fingerprint density at radius 1 is 0.974 bits per heavy atom. The van der Waals surface area contributed by atoms with Gasteiger partial charge in [0, 0.05) is 17.1 Å². The number of anilines is 1. The SMILES string of the molecule is Cc1ccccc1N(CC(=O)N(Cc1cccc(Br)c1)C(C)C(=O)NC1CCCC1)S(=O)(=O)c1ccccc1. The number of sulfonamides is 1. The molecule has 1 saturated carbocycles. The highest BCUT2D eigenvalue weighted by molar-refractivity contribution is 9.10. The van der Waals surface area contributed by atoms with E-state index in [0.717, 1.165) is 45.6 Å². The van der Waals surface area contributed by atoms with Crippen molar-refractivity contribution < 1.29 is 18.0 Å². The number of halogens is 1. The zero-order chi connectivity index (χ0) is 28.0. The zero-order valence-corrected chi connectivity index (χ0v) is 24.6. The normalized spacial score (nSPS) is 14.5. The zero-order valence-electron chi connectivity index (χ0n) is 22.2. The minimum atomic E-state index is -4.07. The summed E-state index contributed by atoms with van der Waals surface area (Å²) in [5, 5.41) is 3.09. The topological polar surface area (TPSA) is 86.8 Å². The van der Waals surface area contributed by atoms with Gasteiger partial charge in [0.15, 0.2) is 0 Å². The van der Waals surface area contributed by atoms with Gasteiger partial charge in [0.1, 0.15) is 12.6 Å². The molecule has 1 N–H and O–H groups in total. The summed E-state index contributed by atoms with van der Waals surface area (Å²) in [6.45, 7) is 3.22. The standard InChI is InChI=1S/C30H34BrN3O4S/c1-22-11-6-9-18-28(22)34(39(37,38)27-16-4-3-5-17-27)21-29(35)33(20-24-12-10-13-25(31)19-24)23(2)30(36)32-26-14-7-8-15-26/h3-6,9-13,16-19,23,26H,7-8,14-15,20-21H2,1-2H3,(H,32,36). The Kier molecular flexibility index (Phi) is 9.45. The van der Waals surface area contributed by atoms with Crippen LogP contribution in [0.4, 0.5) is 5.69 Å². The molecule has 3 aromatic rings. The van der Waals surface area contributed by atoms with E-state index in [1.165, 1.54) is 17.0 Å². The van der Waals surface area contributed by atoms with Gasteiger partial charge in [-0.3, -0.25) is 13.9 Å². The Bertz CT molecular complexity index is 1410. The van der Waals surface area contributed by atoms with E-state index >= 15 is 0 Å². The summed E-state index contributed by atoms with van der Waals surface area (Å²) in [5.74, 6) is -0.703. The van der Waals surface area contributed by atoms with Gasteiger partial charge in [0.25, 0.3) is 10.0 Å². The van der Waals surface area contributed by atoms with E-state index in [4.69, 9.17) is 0 Å². The maximum atomic E-state index is 14.0. The maximum Gasteiger partial charge on any atom is 0.264 e. The first kappa shape index (κ1) is 28.8. The minimum Gasteiger partial charge on any atom is -0.352 e. The number of aryl methyl sites for hydroxylation is 1. The third kappa shape index (κ3) is 7.08. The van der Waals surface area contributed by atoms with Crippen molar-refractivity contribution >= 4 is 43.5 Å². The molecule has 0 spiro atoms. The van der Waals surface area contributed by atoms with Crippen molar-refractivity contribution in [2.75, 3.05) is 10.8 Å². The van der Waals surface area contributed by atoms with Gasteiger partial charge in [-0.2, -0.15) is 0 Å². The van der Waals surface area contributed by atoms with Crippen LogP contribution in [0.25, 0.3) is 0 Å². The molecule has 39 heavy (non-hydrogen) atoms. The lowest BCUT2D eigenvalue weighted by Crippen LogP contribution is -2.52. The van der Waals surface area contributed by atoms with Crippen molar-refractivity contribution in [2.24, 2.45) is 0 Å². The smallest absolute Gasteiger partial charge is 0.264 e. The summed E-state index contributed by atoms with van der Waals surface area (Å²) in [5.41, 5.74) is 1.96. The molecule has 2 amide bonds. The molecule has 0 heterocycles. The largest absolute Gasteiger partial charge is 0.352 e. The fourth-order valence-corrected chi connectivity index (χ4v) is 6.83. The summed E-state index contributed by atoms with van der Waals surface area (Å²) < 4.78 is 29.7. The lowest BCUT2D eigenvalue weighted by molar-refractivity contribution is -0.139. The third-order valence-electron chi connectivity index (χ3n) is 7.11. The summed E-state index contributed by atoms with van der Waals surface area (Å²) in [6.07, 6.45) is 3.99. The first-order chi connectivity index (χ1) is 18.7. The minimum absolute atomic E-state index is 0.0895. The van der Waals surface area contributed by atoms with E-state index < -0.39 is 28.5 Å². The van der Waals surface area contributed by atoms with E-state index in [2.05, 4.69) is 21.2 Å². The van der Waals surface area contributed by atoms with Crippen LogP contribution in [0.1, 0.15) is 43.7 Å². The molecule has 3 aromatic carbocycles. The van der Waals surface area contributed by atoms with Crippen LogP contribution in [-0.4, -0.2) is 43.8 Å². The van der Waals surface area contributed by atoms with Crippen LogP contribution in [0.15, 0.2) is 88.2 Å². The fraction of sp³-hybridized carbons (Fsp3) is 0.333. The maximum absolute atomic E-state index is 14.0. The number of para-hydroxylation sites is 1. The molecule has 7 nitrogen and oxygen atoms in total. The molecule has 1 atom stereocenters. The first-order valence-corrected chi connectivity index (χ1v) is 15.4. The van der Waals surface area contributed by atoms with Crippen molar-refractivity contribution in [3.05, 3.63) is 94.5 Å². The average molecular weight is 613 g/mol. The summed E-state index contributed by atoms with van der Waals surface area (Å²) in [4.78, 5) is 28.9. The Morgan fingerprint density at radius 2 is 1.64 bits per heavy atom. The lowest BCUT2D eigenvalue weighted by atomic mass is 10.1. The summed E-state index contributed by atoms with van der Waals surface area (Å²) in [6, 6.07) is 22.0. The molecule has 0 saturated heterocycles. The van der Waals surface area contributed by atoms with E-state index in [9.17, 15) is 18.0 Å².